The molecule has 1 N–H and O–H groups in total. The van der Waals surface area contributed by atoms with Gasteiger partial charge in [-0.05, 0) is 25.0 Å². The number of hydrogen-bond donors (Lipinski definition) is 1. The van der Waals surface area contributed by atoms with Gasteiger partial charge in [0.1, 0.15) is 12.2 Å². The van der Waals surface area contributed by atoms with Gasteiger partial charge in [0.05, 0.1) is 5.56 Å². The fourth-order valence-electron chi connectivity index (χ4n) is 1.89. The summed E-state index contributed by atoms with van der Waals surface area (Å²) in [6.45, 7) is 0. The van der Waals surface area contributed by atoms with E-state index in [4.69, 9.17) is 4.74 Å². The Bertz CT molecular complexity index is 413. The summed E-state index contributed by atoms with van der Waals surface area (Å²) in [6.07, 6.45) is -0.324. The number of carbonyl (C=O) groups is 2. The average molecular weight is 234 g/mol. The van der Waals surface area contributed by atoms with Crippen LogP contribution in [0.5, 0.6) is 0 Å². The lowest BCUT2D eigenvalue weighted by Crippen LogP contribution is -2.40. The highest BCUT2D eigenvalue weighted by molar-refractivity contribution is 5.90. The largest absolute Gasteiger partial charge is 0.456 e. The Hall–Kier alpha value is -1.68. The number of Topliss-reactive ketones (excluding diaryl/α,β-unsaturated/α-hetero) is 1. The van der Waals surface area contributed by atoms with Gasteiger partial charge in [-0.2, -0.15) is 0 Å². The fraction of sp³-hybridized carbons (Fsp3) is 0.385. The molecule has 2 atom stereocenters. The molecule has 0 saturated heterocycles. The zero-order chi connectivity index (χ0) is 12.3. The van der Waals surface area contributed by atoms with E-state index in [1.165, 1.54) is 0 Å². The molecule has 1 saturated carbocycles. The third-order valence-corrected chi connectivity index (χ3v) is 2.86. The number of aliphatic hydroxyl groups is 1. The van der Waals surface area contributed by atoms with E-state index in [1.54, 1.807) is 30.3 Å². The topological polar surface area (TPSA) is 63.6 Å². The highest BCUT2D eigenvalue weighted by atomic mass is 16.6. The van der Waals surface area contributed by atoms with Crippen LogP contribution < -0.4 is 0 Å². The first kappa shape index (κ1) is 11.8. The molecule has 90 valence electrons. The zero-order valence-electron chi connectivity index (χ0n) is 9.33. The first-order valence-electron chi connectivity index (χ1n) is 5.65. The van der Waals surface area contributed by atoms with Gasteiger partial charge in [-0.3, -0.25) is 4.79 Å². The van der Waals surface area contributed by atoms with Crippen LogP contribution in [0.4, 0.5) is 0 Å². The minimum Gasteiger partial charge on any atom is -0.456 e. The molecular formula is C13H14O4. The first-order valence-corrected chi connectivity index (χ1v) is 5.65. The molecule has 0 heterocycles. The quantitative estimate of drug-likeness (QED) is 0.784. The van der Waals surface area contributed by atoms with Crippen LogP contribution in [0.15, 0.2) is 30.3 Å². The predicted molar refractivity (Wildman–Crippen MR) is 60.5 cm³/mol. The Morgan fingerprint density at radius 1 is 1.29 bits per heavy atom. The van der Waals surface area contributed by atoms with E-state index >= 15 is 0 Å². The van der Waals surface area contributed by atoms with Crippen LogP contribution in [0.2, 0.25) is 0 Å². The molecule has 0 bridgehead atoms. The van der Waals surface area contributed by atoms with Crippen LogP contribution in [-0.2, 0) is 9.53 Å². The fourth-order valence-corrected chi connectivity index (χ4v) is 1.89. The second kappa shape index (κ2) is 5.10. The number of esters is 1. The highest BCUT2D eigenvalue weighted by Gasteiger charge is 2.32. The Balaban J connectivity index is 2.01. The minimum absolute atomic E-state index is 0.248. The number of rotatable bonds is 2. The van der Waals surface area contributed by atoms with E-state index in [-0.39, 0.29) is 5.78 Å². The van der Waals surface area contributed by atoms with E-state index in [0.29, 0.717) is 24.8 Å². The van der Waals surface area contributed by atoms with E-state index in [0.717, 1.165) is 0 Å². The maximum atomic E-state index is 11.7. The molecule has 1 aliphatic rings. The van der Waals surface area contributed by atoms with Gasteiger partial charge in [-0.25, -0.2) is 4.79 Å². The van der Waals surface area contributed by atoms with Crippen LogP contribution >= 0.6 is 0 Å². The monoisotopic (exact) mass is 234 g/mol. The van der Waals surface area contributed by atoms with Crippen LogP contribution in [0.1, 0.15) is 29.6 Å². The lowest BCUT2D eigenvalue weighted by molar-refractivity contribution is -0.137. The normalized spacial score (nSPS) is 24.4. The number of ether oxygens (including phenoxy) is 1. The molecule has 1 aromatic carbocycles. The second-order valence-corrected chi connectivity index (χ2v) is 4.11. The molecule has 2 rings (SSSR count). The van der Waals surface area contributed by atoms with E-state index in [2.05, 4.69) is 0 Å². The van der Waals surface area contributed by atoms with Crippen molar-refractivity contribution in [2.24, 2.45) is 0 Å². The molecule has 0 aliphatic heterocycles. The molecule has 0 amide bonds. The van der Waals surface area contributed by atoms with E-state index < -0.39 is 18.2 Å². The van der Waals surface area contributed by atoms with Crippen LogP contribution in [0.3, 0.4) is 0 Å². The Labute approximate surface area is 99.2 Å². The molecule has 0 aromatic heterocycles. The smallest absolute Gasteiger partial charge is 0.338 e. The van der Waals surface area contributed by atoms with Crippen LogP contribution in [0, 0.1) is 0 Å². The van der Waals surface area contributed by atoms with Gasteiger partial charge in [-0.15, -0.1) is 0 Å². The number of carbonyl (C=O) groups excluding carboxylic acids is 2. The van der Waals surface area contributed by atoms with Crippen LogP contribution in [0.25, 0.3) is 0 Å². The Morgan fingerprint density at radius 3 is 2.71 bits per heavy atom. The van der Waals surface area contributed by atoms with Crippen molar-refractivity contribution in [1.29, 1.82) is 0 Å². The number of benzene rings is 1. The van der Waals surface area contributed by atoms with Gasteiger partial charge in [0, 0.05) is 6.42 Å². The van der Waals surface area contributed by atoms with E-state index in [1.807, 2.05) is 0 Å². The summed E-state index contributed by atoms with van der Waals surface area (Å²) in [5.41, 5.74) is 0.428. The minimum atomic E-state index is -1.17. The molecule has 4 heteroatoms. The van der Waals surface area contributed by atoms with Crippen molar-refractivity contribution in [1.82, 2.24) is 0 Å². The molecule has 1 aliphatic carbocycles. The van der Waals surface area contributed by atoms with Crippen molar-refractivity contribution in [3.8, 4) is 0 Å². The summed E-state index contributed by atoms with van der Waals surface area (Å²) in [5.74, 6) is -0.744. The molecule has 1 fully saturated rings. The molecule has 4 nitrogen and oxygen atoms in total. The third kappa shape index (κ3) is 2.71. The number of hydrogen-bond acceptors (Lipinski definition) is 4. The van der Waals surface area contributed by atoms with Gasteiger partial charge >= 0.3 is 5.97 Å². The van der Waals surface area contributed by atoms with Crippen molar-refractivity contribution < 1.29 is 19.4 Å². The van der Waals surface area contributed by atoms with Gasteiger partial charge in [0.2, 0.25) is 0 Å². The lowest BCUT2D eigenvalue weighted by atomic mass is 9.93. The van der Waals surface area contributed by atoms with E-state index in [9.17, 15) is 14.7 Å². The summed E-state index contributed by atoms with van der Waals surface area (Å²) < 4.78 is 5.15. The molecular weight excluding hydrogens is 220 g/mol. The Kier molecular flexibility index (Phi) is 3.54. The summed E-state index contributed by atoms with van der Waals surface area (Å²) >= 11 is 0. The molecule has 0 unspecified atom stereocenters. The van der Waals surface area contributed by atoms with Crippen molar-refractivity contribution in [3.05, 3.63) is 35.9 Å². The summed E-state index contributed by atoms with van der Waals surface area (Å²) in [7, 11) is 0. The standard InChI is InChI=1S/C13H14O4/c14-10-7-4-8-11(12(10)15)17-13(16)9-5-2-1-3-6-9/h1-3,5-6,11-12,15H,4,7-8H2/t11-,12+/m0/s1. The van der Waals surface area contributed by atoms with Gasteiger partial charge < -0.3 is 9.84 Å². The average Bonchev–Trinajstić information content (AvgIpc) is 2.36. The Morgan fingerprint density at radius 2 is 2.00 bits per heavy atom. The SMILES string of the molecule is O=C(O[C@H]1CCCC(=O)[C@H]1O)c1ccccc1. The number of aliphatic hydroxyl groups excluding tert-OH is 1. The number of ketones is 1. The molecule has 0 radical (unpaired) electrons. The molecule has 1 aromatic rings. The second-order valence-electron chi connectivity index (χ2n) is 4.11. The first-order chi connectivity index (χ1) is 8.18. The molecule has 0 spiro atoms. The van der Waals surface area contributed by atoms with Crippen LogP contribution in [-0.4, -0.2) is 29.1 Å². The van der Waals surface area contributed by atoms with Crippen molar-refractivity contribution in [2.75, 3.05) is 0 Å². The maximum absolute atomic E-state index is 11.7. The summed E-state index contributed by atoms with van der Waals surface area (Å²) in [4.78, 5) is 23.0. The third-order valence-electron chi connectivity index (χ3n) is 2.86. The van der Waals surface area contributed by atoms with Gasteiger partial charge in [0.25, 0.3) is 0 Å². The predicted octanol–water partition coefficient (Wildman–Crippen LogP) is 1.33. The summed E-state index contributed by atoms with van der Waals surface area (Å²) in [6, 6.07) is 8.55. The van der Waals surface area contributed by atoms with Crippen molar-refractivity contribution in [3.63, 3.8) is 0 Å². The van der Waals surface area contributed by atoms with Crippen molar-refractivity contribution >= 4 is 11.8 Å². The lowest BCUT2D eigenvalue weighted by Gasteiger charge is -2.26. The zero-order valence-corrected chi connectivity index (χ0v) is 9.33. The van der Waals surface area contributed by atoms with Gasteiger partial charge in [0.15, 0.2) is 5.78 Å². The molecule has 17 heavy (non-hydrogen) atoms. The highest BCUT2D eigenvalue weighted by Crippen LogP contribution is 2.19. The summed E-state index contributed by atoms with van der Waals surface area (Å²) in [5, 5.41) is 9.61. The maximum Gasteiger partial charge on any atom is 0.338 e. The van der Waals surface area contributed by atoms with Crippen molar-refractivity contribution in [2.45, 2.75) is 31.5 Å². The van der Waals surface area contributed by atoms with Gasteiger partial charge in [-0.1, -0.05) is 18.2 Å².